The average molecular weight is 349 g/mol. The van der Waals surface area contributed by atoms with Crippen molar-refractivity contribution in [2.45, 2.75) is 19.4 Å². The number of benzene rings is 2. The Balaban J connectivity index is 2.05. The summed E-state index contributed by atoms with van der Waals surface area (Å²) < 4.78 is 1.68. The van der Waals surface area contributed by atoms with Crippen LogP contribution in [0.5, 0.6) is 0 Å². The lowest BCUT2D eigenvalue weighted by molar-refractivity contribution is 0.660. The van der Waals surface area contributed by atoms with Crippen LogP contribution >= 0.6 is 0 Å². The summed E-state index contributed by atoms with van der Waals surface area (Å²) in [6.07, 6.45) is 1.38. The Labute approximate surface area is 152 Å². The minimum Gasteiger partial charge on any atom is -0.372 e. The van der Waals surface area contributed by atoms with Gasteiger partial charge < -0.3 is 4.90 Å². The number of aromatic amines is 1. The lowest BCUT2D eigenvalue weighted by Gasteiger charge is -2.20. The highest BCUT2D eigenvalue weighted by Crippen LogP contribution is 2.16. The molecule has 5 heteroatoms. The molecule has 3 rings (SSSR count). The molecule has 1 heterocycles. The molecule has 0 unspecified atom stereocenters. The lowest BCUT2D eigenvalue weighted by atomic mass is 10.1. The molecule has 0 saturated carbocycles. The topological polar surface area (TPSA) is 58.1 Å². The SMILES string of the molecule is CN(C)c1c(CCc2ccccc2)n(Cc2ccccc2)c(=O)[nH]c1=O. The van der Waals surface area contributed by atoms with Crippen LogP contribution in [0, 0.1) is 0 Å². The zero-order chi connectivity index (χ0) is 18.5. The standard InChI is InChI=1S/C21H23N3O2/c1-23(2)19-18(14-13-16-9-5-3-6-10-16)24(21(26)22-20(19)25)15-17-11-7-4-8-12-17/h3-12H,13-15H2,1-2H3,(H,22,25,26). The number of hydrogen-bond donors (Lipinski definition) is 1. The first-order chi connectivity index (χ1) is 12.6. The Morgan fingerprint density at radius 1 is 0.846 bits per heavy atom. The number of aryl methyl sites for hydroxylation is 1. The third-order valence-corrected chi connectivity index (χ3v) is 4.40. The molecule has 0 atom stereocenters. The molecule has 0 aliphatic heterocycles. The number of anilines is 1. The van der Waals surface area contributed by atoms with Gasteiger partial charge in [0.25, 0.3) is 5.56 Å². The predicted molar refractivity (Wildman–Crippen MR) is 105 cm³/mol. The summed E-state index contributed by atoms with van der Waals surface area (Å²) >= 11 is 0. The molecule has 1 aromatic heterocycles. The van der Waals surface area contributed by atoms with Crippen molar-refractivity contribution in [3.63, 3.8) is 0 Å². The molecule has 0 spiro atoms. The Kier molecular flexibility index (Phi) is 5.37. The van der Waals surface area contributed by atoms with Crippen LogP contribution in [0.1, 0.15) is 16.8 Å². The molecular weight excluding hydrogens is 326 g/mol. The van der Waals surface area contributed by atoms with E-state index >= 15 is 0 Å². The van der Waals surface area contributed by atoms with E-state index in [4.69, 9.17) is 0 Å². The van der Waals surface area contributed by atoms with Gasteiger partial charge in [-0.1, -0.05) is 60.7 Å². The Bertz CT molecular complexity index is 974. The van der Waals surface area contributed by atoms with Crippen LogP contribution in [0.4, 0.5) is 5.69 Å². The summed E-state index contributed by atoms with van der Waals surface area (Å²) in [6.45, 7) is 0.432. The summed E-state index contributed by atoms with van der Waals surface area (Å²) in [6, 6.07) is 19.9. The first kappa shape index (κ1) is 17.7. The van der Waals surface area contributed by atoms with E-state index < -0.39 is 0 Å². The maximum absolute atomic E-state index is 12.5. The largest absolute Gasteiger partial charge is 0.372 e. The second-order valence-electron chi connectivity index (χ2n) is 6.51. The zero-order valence-electron chi connectivity index (χ0n) is 15.1. The van der Waals surface area contributed by atoms with Gasteiger partial charge in [0, 0.05) is 14.1 Å². The molecule has 5 nitrogen and oxygen atoms in total. The van der Waals surface area contributed by atoms with Crippen molar-refractivity contribution < 1.29 is 0 Å². The van der Waals surface area contributed by atoms with Crippen LogP contribution in [0.25, 0.3) is 0 Å². The second kappa shape index (κ2) is 7.87. The molecule has 0 radical (unpaired) electrons. The number of nitrogens with one attached hydrogen (secondary N) is 1. The number of H-pyrrole nitrogens is 1. The minimum atomic E-state index is -0.368. The average Bonchev–Trinajstić information content (AvgIpc) is 2.63. The molecule has 0 fully saturated rings. The van der Waals surface area contributed by atoms with E-state index in [1.54, 1.807) is 9.47 Å². The Hall–Kier alpha value is -3.08. The van der Waals surface area contributed by atoms with Gasteiger partial charge in [-0.05, 0) is 24.0 Å². The van der Waals surface area contributed by atoms with E-state index in [0.29, 0.717) is 18.7 Å². The van der Waals surface area contributed by atoms with E-state index in [0.717, 1.165) is 17.7 Å². The van der Waals surface area contributed by atoms with Gasteiger partial charge in [-0.3, -0.25) is 14.3 Å². The highest BCUT2D eigenvalue weighted by Gasteiger charge is 2.17. The normalized spacial score (nSPS) is 10.7. The van der Waals surface area contributed by atoms with E-state index in [9.17, 15) is 9.59 Å². The second-order valence-corrected chi connectivity index (χ2v) is 6.51. The summed E-state index contributed by atoms with van der Waals surface area (Å²) in [5, 5.41) is 0. The maximum atomic E-state index is 12.5. The van der Waals surface area contributed by atoms with E-state index in [-0.39, 0.29) is 11.2 Å². The van der Waals surface area contributed by atoms with Crippen molar-refractivity contribution in [1.29, 1.82) is 0 Å². The highest BCUT2D eigenvalue weighted by molar-refractivity contribution is 5.48. The van der Waals surface area contributed by atoms with Crippen LogP contribution in [0.3, 0.4) is 0 Å². The molecule has 1 N–H and O–H groups in total. The lowest BCUT2D eigenvalue weighted by Crippen LogP contribution is -2.37. The van der Waals surface area contributed by atoms with Crippen molar-refractivity contribution >= 4 is 5.69 Å². The van der Waals surface area contributed by atoms with Crippen LogP contribution < -0.4 is 16.1 Å². The molecule has 3 aromatic rings. The van der Waals surface area contributed by atoms with Crippen molar-refractivity contribution in [2.24, 2.45) is 0 Å². The van der Waals surface area contributed by atoms with Crippen LogP contribution in [0.2, 0.25) is 0 Å². The van der Waals surface area contributed by atoms with Crippen molar-refractivity contribution in [3.8, 4) is 0 Å². The fourth-order valence-electron chi connectivity index (χ4n) is 3.16. The van der Waals surface area contributed by atoms with Gasteiger partial charge in [-0.15, -0.1) is 0 Å². The van der Waals surface area contributed by atoms with Crippen LogP contribution in [-0.4, -0.2) is 23.6 Å². The number of aromatic nitrogens is 2. The van der Waals surface area contributed by atoms with Gasteiger partial charge in [0.15, 0.2) is 0 Å². The van der Waals surface area contributed by atoms with Crippen molar-refractivity contribution in [1.82, 2.24) is 9.55 Å². The van der Waals surface area contributed by atoms with Gasteiger partial charge in [0.05, 0.1) is 12.2 Å². The molecule has 26 heavy (non-hydrogen) atoms. The van der Waals surface area contributed by atoms with Crippen molar-refractivity contribution in [3.05, 3.63) is 98.3 Å². The Morgan fingerprint density at radius 3 is 2.00 bits per heavy atom. The smallest absolute Gasteiger partial charge is 0.328 e. The molecule has 0 aliphatic carbocycles. The van der Waals surface area contributed by atoms with Gasteiger partial charge in [0.1, 0.15) is 5.69 Å². The fraction of sp³-hybridized carbons (Fsp3) is 0.238. The minimum absolute atomic E-state index is 0.340. The Morgan fingerprint density at radius 2 is 1.42 bits per heavy atom. The maximum Gasteiger partial charge on any atom is 0.328 e. The summed E-state index contributed by atoms with van der Waals surface area (Å²) in [5.74, 6) is 0. The molecular formula is C21H23N3O2. The summed E-state index contributed by atoms with van der Waals surface area (Å²) in [5.41, 5.74) is 2.79. The van der Waals surface area contributed by atoms with E-state index in [1.807, 2.05) is 62.6 Å². The summed E-state index contributed by atoms with van der Waals surface area (Å²) in [4.78, 5) is 29.2. The number of hydrogen-bond acceptors (Lipinski definition) is 3. The summed E-state index contributed by atoms with van der Waals surface area (Å²) in [7, 11) is 3.65. The molecule has 134 valence electrons. The van der Waals surface area contributed by atoms with Gasteiger partial charge in [-0.2, -0.15) is 0 Å². The fourth-order valence-corrected chi connectivity index (χ4v) is 3.16. The third kappa shape index (κ3) is 3.94. The monoisotopic (exact) mass is 349 g/mol. The first-order valence-corrected chi connectivity index (χ1v) is 8.67. The van der Waals surface area contributed by atoms with Crippen LogP contribution in [0.15, 0.2) is 70.3 Å². The molecule has 0 aliphatic rings. The van der Waals surface area contributed by atoms with Gasteiger partial charge in [0.2, 0.25) is 0 Å². The first-order valence-electron chi connectivity index (χ1n) is 8.67. The van der Waals surface area contributed by atoms with Crippen molar-refractivity contribution in [2.75, 3.05) is 19.0 Å². The quantitative estimate of drug-likeness (QED) is 0.744. The molecule has 2 aromatic carbocycles. The van der Waals surface area contributed by atoms with Crippen LogP contribution in [-0.2, 0) is 19.4 Å². The number of nitrogens with zero attached hydrogens (tertiary/aromatic N) is 2. The highest BCUT2D eigenvalue weighted by atomic mass is 16.2. The van der Waals surface area contributed by atoms with Gasteiger partial charge >= 0.3 is 5.69 Å². The number of rotatable bonds is 6. The van der Waals surface area contributed by atoms with E-state index in [1.165, 1.54) is 5.56 Å². The zero-order valence-corrected chi connectivity index (χ0v) is 15.1. The van der Waals surface area contributed by atoms with E-state index in [2.05, 4.69) is 17.1 Å². The van der Waals surface area contributed by atoms with Gasteiger partial charge in [-0.25, -0.2) is 4.79 Å². The molecule has 0 bridgehead atoms. The molecule has 0 saturated heterocycles. The predicted octanol–water partition coefficient (Wildman–Crippen LogP) is 2.44. The third-order valence-electron chi connectivity index (χ3n) is 4.40. The molecule has 0 amide bonds.